The third-order valence-electron chi connectivity index (χ3n) is 6.52. The predicted molar refractivity (Wildman–Crippen MR) is 147 cm³/mol. The minimum Gasteiger partial charge on any atom is -0.462 e. The Labute approximate surface area is 223 Å². The Kier molecular flexibility index (Phi) is 7.76. The van der Waals surface area contributed by atoms with Gasteiger partial charge in [-0.15, -0.1) is 22.7 Å². The Hall–Kier alpha value is -3.55. The lowest BCUT2D eigenvalue weighted by atomic mass is 9.72. The van der Waals surface area contributed by atoms with Crippen LogP contribution in [0.25, 0.3) is 16.8 Å². The van der Waals surface area contributed by atoms with Crippen LogP contribution >= 0.6 is 22.7 Å². The maximum Gasteiger partial charge on any atom is 0.341 e. The van der Waals surface area contributed by atoms with Gasteiger partial charge in [-0.3, -0.25) is 10.1 Å². The van der Waals surface area contributed by atoms with Gasteiger partial charge in [0.15, 0.2) is 0 Å². The molecule has 4 rings (SSSR count). The number of non-ortho nitro benzene ring substituents is 1. The molecule has 3 aromatic rings. The first kappa shape index (κ1) is 26.5. The van der Waals surface area contributed by atoms with Crippen LogP contribution in [0.2, 0.25) is 0 Å². The summed E-state index contributed by atoms with van der Waals surface area (Å²) in [5, 5.41) is 27.1. The lowest BCUT2D eigenvalue weighted by Crippen LogP contribution is -2.26. The molecular formula is C27H28N4O4S2. The number of benzene rings is 1. The number of allylic oxidation sites excluding steroid dienone is 1. The largest absolute Gasteiger partial charge is 0.462 e. The zero-order valence-corrected chi connectivity index (χ0v) is 22.8. The number of aromatic nitrogens is 1. The summed E-state index contributed by atoms with van der Waals surface area (Å²) < 4.78 is 5.37. The van der Waals surface area contributed by atoms with Crippen molar-refractivity contribution in [1.82, 2.24) is 4.98 Å². The fraction of sp³-hybridized carbons (Fsp3) is 0.370. The van der Waals surface area contributed by atoms with Gasteiger partial charge in [-0.25, -0.2) is 9.78 Å². The summed E-state index contributed by atoms with van der Waals surface area (Å²) in [6.07, 6.45) is 4.30. The minimum atomic E-state index is -0.452. The maximum atomic E-state index is 12.9. The number of hydrogen-bond donors (Lipinski definition) is 1. The van der Waals surface area contributed by atoms with Gasteiger partial charge in [0.2, 0.25) is 0 Å². The topological polar surface area (TPSA) is 118 Å². The molecule has 0 aliphatic heterocycles. The Morgan fingerprint density at radius 1 is 1.41 bits per heavy atom. The van der Waals surface area contributed by atoms with Crippen molar-refractivity contribution in [2.75, 3.05) is 11.9 Å². The summed E-state index contributed by atoms with van der Waals surface area (Å²) in [6.45, 7) is 8.82. The van der Waals surface area contributed by atoms with Crippen LogP contribution in [0, 0.1) is 32.8 Å². The predicted octanol–water partition coefficient (Wildman–Crippen LogP) is 7.08. The van der Waals surface area contributed by atoms with Gasteiger partial charge in [0.1, 0.15) is 21.7 Å². The van der Waals surface area contributed by atoms with Crippen molar-refractivity contribution in [3.8, 4) is 17.3 Å². The van der Waals surface area contributed by atoms with Gasteiger partial charge in [0.25, 0.3) is 5.69 Å². The van der Waals surface area contributed by atoms with Crippen molar-refractivity contribution in [2.24, 2.45) is 11.3 Å². The number of ether oxygens (including phenoxy) is 1. The molecule has 10 heteroatoms. The van der Waals surface area contributed by atoms with Crippen molar-refractivity contribution < 1.29 is 14.5 Å². The van der Waals surface area contributed by atoms with E-state index >= 15 is 0 Å². The highest BCUT2D eigenvalue weighted by atomic mass is 32.1. The summed E-state index contributed by atoms with van der Waals surface area (Å²) in [4.78, 5) is 29.3. The highest BCUT2D eigenvalue weighted by Gasteiger charge is 2.34. The summed E-state index contributed by atoms with van der Waals surface area (Å²) in [5.41, 5.74) is 3.21. The second-order valence-corrected chi connectivity index (χ2v) is 11.9. The maximum absolute atomic E-state index is 12.9. The summed E-state index contributed by atoms with van der Waals surface area (Å²) in [6, 6.07) is 8.40. The summed E-state index contributed by atoms with van der Waals surface area (Å²) in [7, 11) is 0. The minimum absolute atomic E-state index is 0.0216. The molecule has 1 aromatic carbocycles. The van der Waals surface area contributed by atoms with E-state index in [2.05, 4.69) is 37.1 Å². The highest BCUT2D eigenvalue weighted by molar-refractivity contribution is 7.16. The van der Waals surface area contributed by atoms with E-state index in [1.165, 1.54) is 28.3 Å². The fourth-order valence-electron chi connectivity index (χ4n) is 4.43. The van der Waals surface area contributed by atoms with Crippen LogP contribution in [0.3, 0.4) is 0 Å². The molecule has 0 fully saturated rings. The third kappa shape index (κ3) is 5.73. The molecule has 37 heavy (non-hydrogen) atoms. The third-order valence-corrected chi connectivity index (χ3v) is 8.59. The Morgan fingerprint density at radius 3 is 2.86 bits per heavy atom. The molecule has 0 amide bonds. The fourth-order valence-corrected chi connectivity index (χ4v) is 6.51. The number of esters is 1. The molecule has 0 unspecified atom stereocenters. The lowest BCUT2D eigenvalue weighted by Gasteiger charge is -2.33. The van der Waals surface area contributed by atoms with E-state index in [-0.39, 0.29) is 23.7 Å². The first-order chi connectivity index (χ1) is 17.6. The molecule has 2 heterocycles. The number of fused-ring (bicyclic) bond motifs is 1. The number of carbonyl (C=O) groups excluding carboxylic acids is 1. The van der Waals surface area contributed by atoms with Crippen molar-refractivity contribution in [2.45, 2.75) is 47.0 Å². The second kappa shape index (κ2) is 10.8. The molecule has 2 aromatic heterocycles. The van der Waals surface area contributed by atoms with E-state index in [0.29, 0.717) is 38.3 Å². The molecule has 0 saturated heterocycles. The number of nitro benzene ring substituents is 1. The molecule has 0 saturated carbocycles. The van der Waals surface area contributed by atoms with E-state index < -0.39 is 4.92 Å². The van der Waals surface area contributed by atoms with E-state index in [4.69, 9.17) is 4.74 Å². The van der Waals surface area contributed by atoms with Gasteiger partial charge >= 0.3 is 5.97 Å². The van der Waals surface area contributed by atoms with Crippen LogP contribution in [0.5, 0.6) is 0 Å². The number of rotatable bonds is 7. The Bertz CT molecular complexity index is 1410. The molecule has 192 valence electrons. The molecule has 1 aliphatic carbocycles. The monoisotopic (exact) mass is 536 g/mol. The smallest absolute Gasteiger partial charge is 0.341 e. The average Bonchev–Trinajstić information content (AvgIpc) is 3.49. The van der Waals surface area contributed by atoms with Crippen molar-refractivity contribution in [3.05, 3.63) is 67.0 Å². The molecule has 8 nitrogen and oxygen atoms in total. The quantitative estimate of drug-likeness (QED) is 0.148. The van der Waals surface area contributed by atoms with Crippen molar-refractivity contribution in [1.29, 1.82) is 5.26 Å². The van der Waals surface area contributed by atoms with E-state index in [1.54, 1.807) is 42.0 Å². The zero-order chi connectivity index (χ0) is 26.7. The number of hydrogen-bond acceptors (Lipinski definition) is 9. The van der Waals surface area contributed by atoms with Crippen LogP contribution in [-0.2, 0) is 17.6 Å². The molecule has 0 radical (unpaired) electrons. The molecule has 1 atom stereocenters. The highest BCUT2D eigenvalue weighted by Crippen LogP contribution is 2.44. The van der Waals surface area contributed by atoms with Gasteiger partial charge in [-0.1, -0.05) is 32.9 Å². The van der Waals surface area contributed by atoms with Crippen LogP contribution in [0.1, 0.15) is 59.9 Å². The average molecular weight is 537 g/mol. The van der Waals surface area contributed by atoms with E-state index in [0.717, 1.165) is 24.8 Å². The number of thiophene rings is 1. The molecule has 0 bridgehead atoms. The van der Waals surface area contributed by atoms with E-state index in [1.807, 2.05) is 0 Å². The Morgan fingerprint density at radius 2 is 2.19 bits per heavy atom. The number of nitrogens with one attached hydrogen (secondary N) is 1. The van der Waals surface area contributed by atoms with Crippen LogP contribution in [-0.4, -0.2) is 22.5 Å². The van der Waals surface area contributed by atoms with E-state index in [9.17, 15) is 20.2 Å². The Balaban J connectivity index is 1.63. The number of nitrogens with zero attached hydrogens (tertiary/aromatic N) is 3. The summed E-state index contributed by atoms with van der Waals surface area (Å²) in [5.74, 6) is 0.167. The zero-order valence-electron chi connectivity index (χ0n) is 21.2. The van der Waals surface area contributed by atoms with Gasteiger partial charge in [0, 0.05) is 34.2 Å². The SMILES string of the molecule is CCOC(=O)c1c(N/C=C(\C#N)c2nc(-c3cccc([N+](=O)[O-])c3)cs2)sc2c1CC[C@H](C(C)(C)C)C2. The van der Waals surface area contributed by atoms with Crippen LogP contribution in [0.15, 0.2) is 35.8 Å². The number of thiazole rings is 1. The number of anilines is 1. The standard InChI is InChI=1S/C27H28N4O4S2/c1-5-35-26(32)23-20-10-9-18(27(2,3)4)12-22(20)37-25(23)29-14-17(13-28)24-30-21(15-36-24)16-7-6-8-19(11-16)31(33)34/h6-8,11,14-15,18,29H,5,9-10,12H2,1-4H3/b17-14+/t18-/m0/s1. The normalized spacial score (nSPS) is 15.5. The first-order valence-electron chi connectivity index (χ1n) is 12.0. The van der Waals surface area contributed by atoms with Gasteiger partial charge < -0.3 is 10.1 Å². The van der Waals surface area contributed by atoms with Gasteiger partial charge in [-0.05, 0) is 43.1 Å². The lowest BCUT2D eigenvalue weighted by molar-refractivity contribution is -0.384. The van der Waals surface area contributed by atoms with Crippen molar-refractivity contribution in [3.63, 3.8) is 0 Å². The van der Waals surface area contributed by atoms with Crippen molar-refractivity contribution >= 4 is 44.9 Å². The number of nitriles is 1. The van der Waals surface area contributed by atoms with Crippen LogP contribution in [0.4, 0.5) is 10.7 Å². The summed E-state index contributed by atoms with van der Waals surface area (Å²) >= 11 is 2.82. The second-order valence-electron chi connectivity index (χ2n) is 9.89. The number of carbonyl (C=O) groups is 1. The molecule has 1 aliphatic rings. The van der Waals surface area contributed by atoms with Gasteiger partial charge in [0.05, 0.1) is 22.8 Å². The van der Waals surface area contributed by atoms with Crippen LogP contribution < -0.4 is 5.32 Å². The molecule has 0 spiro atoms. The molecular weight excluding hydrogens is 508 g/mol. The first-order valence-corrected chi connectivity index (χ1v) is 13.7. The number of nitro groups is 1. The molecule has 1 N–H and O–H groups in total. The van der Waals surface area contributed by atoms with Gasteiger partial charge in [-0.2, -0.15) is 5.26 Å².